The monoisotopic (exact) mass is 518 g/mol. The van der Waals surface area contributed by atoms with E-state index in [-0.39, 0.29) is 29.3 Å². The summed E-state index contributed by atoms with van der Waals surface area (Å²) in [7, 11) is 3.70. The van der Waals surface area contributed by atoms with E-state index in [9.17, 15) is 19.5 Å². The summed E-state index contributed by atoms with van der Waals surface area (Å²) < 4.78 is 1.48. The zero-order valence-corrected chi connectivity index (χ0v) is 21.2. The number of anilines is 2. The molecule has 0 saturated heterocycles. The van der Waals surface area contributed by atoms with Crippen molar-refractivity contribution in [3.8, 4) is 11.8 Å². The van der Waals surface area contributed by atoms with E-state index < -0.39 is 17.0 Å². The molecule has 0 aliphatic carbocycles. The first kappa shape index (κ1) is 24.7. The largest absolute Gasteiger partial charge is 0.508 e. The number of amides is 2. The van der Waals surface area contributed by atoms with Crippen molar-refractivity contribution in [2.45, 2.75) is 18.6 Å². The van der Waals surface area contributed by atoms with Crippen molar-refractivity contribution in [1.29, 1.82) is 5.26 Å². The lowest BCUT2D eigenvalue weighted by Crippen LogP contribution is -2.58. The van der Waals surface area contributed by atoms with Gasteiger partial charge in [0.1, 0.15) is 11.4 Å². The average molecular weight is 519 g/mol. The summed E-state index contributed by atoms with van der Waals surface area (Å²) >= 11 is 0. The highest BCUT2D eigenvalue weighted by Crippen LogP contribution is 2.32. The molecule has 185 valence electrons. The summed E-state index contributed by atoms with van der Waals surface area (Å²) in [6.45, 7) is 2.07. The Bertz CT molecular complexity index is 1640. The zero-order chi connectivity index (χ0) is 27.0. The molecule has 1 aliphatic rings. The molecule has 10 heteroatoms. The predicted molar refractivity (Wildman–Crippen MR) is 140 cm³/mol. The van der Waals surface area contributed by atoms with Crippen LogP contribution in [0.3, 0.4) is 0 Å². The molecular formula is C28H20N5O4Si. The number of aromatic hydroxyl groups is 1. The van der Waals surface area contributed by atoms with Gasteiger partial charge < -0.3 is 15.3 Å². The molecule has 0 bridgehead atoms. The van der Waals surface area contributed by atoms with Crippen molar-refractivity contribution in [3.05, 3.63) is 107 Å². The third-order valence-electron chi connectivity index (χ3n) is 6.19. The number of phenolic OH excluding ortho intramolecular Hbond substituents is 1. The molecule has 2 N–H and O–H groups in total. The van der Waals surface area contributed by atoms with Crippen molar-refractivity contribution in [3.63, 3.8) is 0 Å². The van der Waals surface area contributed by atoms with Crippen LogP contribution in [0.15, 0.2) is 79.0 Å². The second kappa shape index (κ2) is 9.46. The van der Waals surface area contributed by atoms with Gasteiger partial charge in [-0.25, -0.2) is 0 Å². The molecule has 0 saturated carbocycles. The van der Waals surface area contributed by atoms with Crippen LogP contribution in [0, 0.1) is 11.3 Å². The molecule has 3 radical (unpaired) electrons. The van der Waals surface area contributed by atoms with E-state index in [0.29, 0.717) is 28.1 Å². The highest BCUT2D eigenvalue weighted by molar-refractivity contribution is 6.25. The van der Waals surface area contributed by atoms with Crippen LogP contribution in [0.2, 0.25) is 0 Å². The van der Waals surface area contributed by atoms with Crippen LogP contribution in [-0.2, 0) is 6.54 Å². The van der Waals surface area contributed by atoms with E-state index in [0.717, 1.165) is 0 Å². The summed E-state index contributed by atoms with van der Waals surface area (Å²) in [5.74, 6) is -1.25. The molecule has 4 aromatic rings. The van der Waals surface area contributed by atoms with E-state index in [4.69, 9.17) is 5.26 Å². The number of hydrogen-bond donors (Lipinski definition) is 2. The lowest BCUT2D eigenvalue weighted by Gasteiger charge is -2.42. The first-order valence-corrected chi connectivity index (χ1v) is 12.1. The topological polar surface area (TPSA) is 128 Å². The van der Waals surface area contributed by atoms with E-state index in [1.807, 2.05) is 13.0 Å². The molecule has 38 heavy (non-hydrogen) atoms. The minimum atomic E-state index is -0.873. The number of benzene rings is 3. The Morgan fingerprint density at radius 3 is 2.53 bits per heavy atom. The number of carbonyl (C=O) groups excluding carboxylic acids is 3. The van der Waals surface area contributed by atoms with Gasteiger partial charge in [-0.05, 0) is 61.5 Å². The average Bonchev–Trinajstić information content (AvgIpc) is 3.32. The Balaban J connectivity index is 1.44. The molecule has 1 aliphatic heterocycles. The zero-order valence-electron chi connectivity index (χ0n) is 20.2. The quantitative estimate of drug-likeness (QED) is 0.307. The normalized spacial score (nSPS) is 16.4. The maximum absolute atomic E-state index is 13.8. The summed E-state index contributed by atoms with van der Waals surface area (Å²) in [5.41, 5.74) is 2.28. The number of aromatic nitrogens is 2. The summed E-state index contributed by atoms with van der Waals surface area (Å²) in [6.07, 6.45) is 1.35. The van der Waals surface area contributed by atoms with Gasteiger partial charge in [0.15, 0.2) is 5.78 Å². The van der Waals surface area contributed by atoms with Crippen LogP contribution in [0.5, 0.6) is 5.75 Å². The first-order valence-electron chi connectivity index (χ1n) is 11.6. The number of nitrogens with zero attached hydrogens (tertiary/aromatic N) is 4. The van der Waals surface area contributed by atoms with E-state index in [1.165, 1.54) is 34.0 Å². The number of nitriles is 1. The summed E-state index contributed by atoms with van der Waals surface area (Å²) in [4.78, 5) is 41.2. The van der Waals surface area contributed by atoms with Gasteiger partial charge in [-0.1, -0.05) is 18.2 Å². The molecule has 3 aromatic carbocycles. The van der Waals surface area contributed by atoms with E-state index in [2.05, 4.69) is 20.7 Å². The maximum atomic E-state index is 13.8. The molecule has 0 spiro atoms. The number of ketones is 1. The molecule has 2 amide bonds. The summed E-state index contributed by atoms with van der Waals surface area (Å²) in [6, 6.07) is 21.1. The van der Waals surface area contributed by atoms with E-state index in [1.54, 1.807) is 54.6 Å². The number of nitrogens with one attached hydrogen (secondary N) is 1. The van der Waals surface area contributed by atoms with Crippen LogP contribution >= 0.6 is 0 Å². The number of rotatable bonds is 5. The minimum absolute atomic E-state index is 0.00425. The second-order valence-electron chi connectivity index (χ2n) is 9.05. The highest BCUT2D eigenvalue weighted by atomic mass is 28.1. The Hall–Kier alpha value is -5.01. The minimum Gasteiger partial charge on any atom is -0.508 e. The molecule has 1 atom stereocenters. The van der Waals surface area contributed by atoms with Gasteiger partial charge in [0.05, 0.1) is 40.2 Å². The fourth-order valence-corrected chi connectivity index (χ4v) is 4.81. The molecule has 0 unspecified atom stereocenters. The number of carbonyl (C=O) groups is 3. The molecule has 9 nitrogen and oxygen atoms in total. The first-order chi connectivity index (χ1) is 18.2. The number of fused-ring (bicyclic) bond motifs is 1. The van der Waals surface area contributed by atoms with Crippen molar-refractivity contribution in [2.75, 3.05) is 10.2 Å². The van der Waals surface area contributed by atoms with Gasteiger partial charge in [-0.15, -0.1) is 0 Å². The van der Waals surface area contributed by atoms with Crippen molar-refractivity contribution in [2.24, 2.45) is 0 Å². The summed E-state index contributed by atoms with van der Waals surface area (Å²) in [5, 5.41) is 24.9. The lowest BCUT2D eigenvalue weighted by atomic mass is 10.0. The standard InChI is InChI=1S/C28H20N5O4Si/c1-28(38)16-32-24(23(15-30-32)26(36)31-20-6-2-4-17(12-20)14-29)27(37)33(28)21-10-8-18(9-11-21)25(35)19-5-3-7-22(34)13-19/h2-13,15,34H,16H2,1H3,(H,31,36)/t28-/m0/s1. The molecule has 5 rings (SSSR count). The van der Waals surface area contributed by atoms with Crippen molar-refractivity contribution in [1.82, 2.24) is 9.78 Å². The van der Waals surface area contributed by atoms with Crippen LogP contribution in [0.4, 0.5) is 11.4 Å². The van der Waals surface area contributed by atoms with Gasteiger partial charge in [0.25, 0.3) is 11.8 Å². The smallest absolute Gasteiger partial charge is 0.277 e. The maximum Gasteiger partial charge on any atom is 0.277 e. The Kier molecular flexibility index (Phi) is 6.14. The van der Waals surface area contributed by atoms with Crippen LogP contribution in [0.1, 0.15) is 49.3 Å². The van der Waals surface area contributed by atoms with Gasteiger partial charge in [-0.3, -0.25) is 19.1 Å². The SMILES string of the molecule is C[C@]1([Si])Cn2ncc(C(=O)Nc3cccc(C#N)c3)c2C(=O)N1c1ccc(C(=O)c2cccc(O)c2)cc1. The van der Waals surface area contributed by atoms with Gasteiger partial charge in [0, 0.05) is 27.7 Å². The van der Waals surface area contributed by atoms with Crippen LogP contribution in [-0.4, -0.2) is 47.9 Å². The highest BCUT2D eigenvalue weighted by Gasteiger charge is 2.42. The van der Waals surface area contributed by atoms with Crippen LogP contribution < -0.4 is 10.2 Å². The molecule has 1 aromatic heterocycles. The third kappa shape index (κ3) is 4.47. The van der Waals surface area contributed by atoms with Crippen molar-refractivity contribution < 1.29 is 19.5 Å². The lowest BCUT2D eigenvalue weighted by molar-refractivity contribution is 0.0924. The number of hydrogen-bond acceptors (Lipinski definition) is 6. The fraction of sp³-hybridized carbons (Fsp3) is 0.107. The van der Waals surface area contributed by atoms with Crippen molar-refractivity contribution >= 4 is 39.2 Å². The Morgan fingerprint density at radius 1 is 1.08 bits per heavy atom. The third-order valence-corrected chi connectivity index (χ3v) is 6.57. The molecule has 0 fully saturated rings. The van der Waals surface area contributed by atoms with Crippen LogP contribution in [0.25, 0.3) is 0 Å². The molecule has 2 heterocycles. The Labute approximate surface area is 221 Å². The Morgan fingerprint density at radius 2 is 1.82 bits per heavy atom. The second-order valence-corrected chi connectivity index (χ2v) is 10.1. The van der Waals surface area contributed by atoms with Gasteiger partial charge >= 0.3 is 0 Å². The molecular weight excluding hydrogens is 498 g/mol. The predicted octanol–water partition coefficient (Wildman–Crippen LogP) is 3.49. The number of phenols is 1. The fourth-order valence-electron chi connectivity index (χ4n) is 4.43. The van der Waals surface area contributed by atoms with E-state index >= 15 is 0 Å². The van der Waals surface area contributed by atoms with Gasteiger partial charge in [0.2, 0.25) is 0 Å². The van der Waals surface area contributed by atoms with Gasteiger partial charge in [-0.2, -0.15) is 10.4 Å².